The van der Waals surface area contributed by atoms with Crippen LogP contribution >= 0.6 is 0 Å². The van der Waals surface area contributed by atoms with Crippen LogP contribution in [-0.2, 0) is 16.1 Å². The number of fused-ring (bicyclic) bond motifs is 1. The molecule has 6 heteroatoms. The molecule has 1 aliphatic rings. The summed E-state index contributed by atoms with van der Waals surface area (Å²) in [6.07, 6.45) is 2.05. The lowest BCUT2D eigenvalue weighted by atomic mass is 10.1. The number of carbonyl (C=O) groups excluding carboxylic acids is 1. The molecule has 1 aromatic carbocycles. The highest BCUT2D eigenvalue weighted by Crippen LogP contribution is 2.19. The molecule has 2 heterocycles. The van der Waals surface area contributed by atoms with Crippen molar-refractivity contribution in [3.8, 4) is 0 Å². The Kier molecular flexibility index (Phi) is 4.95. The Labute approximate surface area is 136 Å². The van der Waals surface area contributed by atoms with E-state index in [2.05, 4.69) is 40.0 Å². The smallest absolute Gasteiger partial charge is 0.231 e. The monoisotopic (exact) mass is 316 g/mol. The molecule has 0 unspecified atom stereocenters. The average Bonchev–Trinajstić information content (AvgIpc) is 2.96. The van der Waals surface area contributed by atoms with Crippen LogP contribution in [0.25, 0.3) is 10.9 Å². The SMILES string of the molecule is CN1CCO[C@@H](CN(CC(N)=O)Cc2cccc3[nH]ccc23)C1. The van der Waals surface area contributed by atoms with E-state index >= 15 is 0 Å². The Morgan fingerprint density at radius 2 is 2.35 bits per heavy atom. The first-order chi connectivity index (χ1) is 11.1. The summed E-state index contributed by atoms with van der Waals surface area (Å²) in [6.45, 7) is 4.19. The molecule has 6 nitrogen and oxygen atoms in total. The zero-order valence-electron chi connectivity index (χ0n) is 13.5. The minimum atomic E-state index is -0.310. The molecule has 0 saturated carbocycles. The molecule has 3 rings (SSSR count). The van der Waals surface area contributed by atoms with Gasteiger partial charge < -0.3 is 20.4 Å². The van der Waals surface area contributed by atoms with Crippen LogP contribution in [0.4, 0.5) is 0 Å². The topological polar surface area (TPSA) is 74.6 Å². The van der Waals surface area contributed by atoms with Gasteiger partial charge in [0.1, 0.15) is 0 Å². The maximum absolute atomic E-state index is 11.4. The zero-order valence-corrected chi connectivity index (χ0v) is 13.5. The third kappa shape index (κ3) is 4.10. The molecule has 124 valence electrons. The maximum Gasteiger partial charge on any atom is 0.231 e. The highest BCUT2D eigenvalue weighted by atomic mass is 16.5. The number of morpholine rings is 1. The second-order valence-corrected chi connectivity index (χ2v) is 6.25. The van der Waals surface area contributed by atoms with E-state index in [1.165, 1.54) is 10.9 Å². The number of ether oxygens (including phenoxy) is 1. The second kappa shape index (κ2) is 7.12. The molecule has 1 saturated heterocycles. The number of carbonyl (C=O) groups is 1. The van der Waals surface area contributed by atoms with Crippen molar-refractivity contribution in [1.82, 2.24) is 14.8 Å². The second-order valence-electron chi connectivity index (χ2n) is 6.25. The molecule has 1 atom stereocenters. The maximum atomic E-state index is 11.4. The summed E-state index contributed by atoms with van der Waals surface area (Å²) in [5.74, 6) is -0.310. The van der Waals surface area contributed by atoms with Crippen LogP contribution in [0.3, 0.4) is 0 Å². The minimum absolute atomic E-state index is 0.110. The molecular formula is C17H24N4O2. The molecule has 3 N–H and O–H groups in total. The van der Waals surface area contributed by atoms with Gasteiger partial charge in [-0.1, -0.05) is 12.1 Å². The predicted octanol–water partition coefficient (Wildman–Crippen LogP) is 0.786. The van der Waals surface area contributed by atoms with Crippen molar-refractivity contribution in [2.24, 2.45) is 5.73 Å². The molecule has 0 aliphatic carbocycles. The lowest BCUT2D eigenvalue weighted by Gasteiger charge is -2.33. The van der Waals surface area contributed by atoms with Gasteiger partial charge >= 0.3 is 0 Å². The normalized spacial score (nSPS) is 19.5. The van der Waals surface area contributed by atoms with Crippen molar-refractivity contribution in [1.29, 1.82) is 0 Å². The number of aromatic nitrogens is 1. The number of rotatable bonds is 6. The van der Waals surface area contributed by atoms with Crippen molar-refractivity contribution >= 4 is 16.8 Å². The van der Waals surface area contributed by atoms with Gasteiger partial charge in [-0.3, -0.25) is 9.69 Å². The molecule has 2 aromatic rings. The summed E-state index contributed by atoms with van der Waals surface area (Å²) in [5.41, 5.74) is 7.73. The van der Waals surface area contributed by atoms with Crippen molar-refractivity contribution in [3.63, 3.8) is 0 Å². The zero-order chi connectivity index (χ0) is 16.2. The lowest BCUT2D eigenvalue weighted by molar-refractivity contribution is -0.120. The van der Waals surface area contributed by atoms with Crippen LogP contribution < -0.4 is 5.73 Å². The lowest BCUT2D eigenvalue weighted by Crippen LogP contribution is -2.47. The number of nitrogens with two attached hydrogens (primary N) is 1. The standard InChI is InChI=1S/C17H24N4O2/c1-20-7-8-23-14(10-20)11-21(12-17(18)22)9-13-3-2-4-16-15(13)5-6-19-16/h2-6,14,19H,7-12H2,1H3,(H2,18,22)/t14-/m1/s1. The Bertz CT molecular complexity index is 669. The summed E-state index contributed by atoms with van der Waals surface area (Å²) < 4.78 is 5.83. The summed E-state index contributed by atoms with van der Waals surface area (Å²) in [5, 5.41) is 1.18. The first-order valence-corrected chi connectivity index (χ1v) is 7.97. The van der Waals surface area contributed by atoms with E-state index in [4.69, 9.17) is 10.5 Å². The molecule has 1 fully saturated rings. The van der Waals surface area contributed by atoms with Crippen LogP contribution in [0, 0.1) is 0 Å². The van der Waals surface area contributed by atoms with Crippen LogP contribution in [0.1, 0.15) is 5.56 Å². The Morgan fingerprint density at radius 1 is 1.48 bits per heavy atom. The summed E-state index contributed by atoms with van der Waals surface area (Å²) >= 11 is 0. The number of hydrogen-bond acceptors (Lipinski definition) is 4. The first kappa shape index (κ1) is 16.0. The van der Waals surface area contributed by atoms with Crippen LogP contribution in [0.5, 0.6) is 0 Å². The van der Waals surface area contributed by atoms with Gasteiger partial charge in [-0.05, 0) is 24.7 Å². The number of benzene rings is 1. The van der Waals surface area contributed by atoms with Gasteiger partial charge in [0.05, 0.1) is 19.3 Å². The fourth-order valence-electron chi connectivity index (χ4n) is 3.20. The van der Waals surface area contributed by atoms with Gasteiger partial charge in [-0.2, -0.15) is 0 Å². The van der Waals surface area contributed by atoms with Crippen molar-refractivity contribution in [2.75, 3.05) is 39.8 Å². The molecular weight excluding hydrogens is 292 g/mol. The largest absolute Gasteiger partial charge is 0.374 e. The van der Waals surface area contributed by atoms with Gasteiger partial charge in [-0.15, -0.1) is 0 Å². The number of amides is 1. The van der Waals surface area contributed by atoms with E-state index in [9.17, 15) is 4.79 Å². The number of nitrogens with zero attached hydrogens (tertiary/aromatic N) is 2. The highest BCUT2D eigenvalue weighted by Gasteiger charge is 2.22. The molecule has 0 spiro atoms. The quantitative estimate of drug-likeness (QED) is 0.826. The van der Waals surface area contributed by atoms with Crippen molar-refractivity contribution in [2.45, 2.75) is 12.6 Å². The Balaban J connectivity index is 1.73. The van der Waals surface area contributed by atoms with E-state index in [0.29, 0.717) is 13.1 Å². The molecule has 1 amide bonds. The number of primary amides is 1. The molecule has 23 heavy (non-hydrogen) atoms. The first-order valence-electron chi connectivity index (χ1n) is 7.97. The molecule has 0 radical (unpaired) electrons. The van der Waals surface area contributed by atoms with E-state index in [-0.39, 0.29) is 18.6 Å². The molecule has 1 aliphatic heterocycles. The van der Waals surface area contributed by atoms with Gasteiger partial charge in [0.15, 0.2) is 0 Å². The van der Waals surface area contributed by atoms with E-state index in [1.54, 1.807) is 0 Å². The van der Waals surface area contributed by atoms with E-state index in [1.807, 2.05) is 12.3 Å². The van der Waals surface area contributed by atoms with Gasteiger partial charge in [0, 0.05) is 43.3 Å². The van der Waals surface area contributed by atoms with Crippen LogP contribution in [0.2, 0.25) is 0 Å². The highest BCUT2D eigenvalue weighted by molar-refractivity contribution is 5.83. The molecule has 1 aromatic heterocycles. The van der Waals surface area contributed by atoms with Gasteiger partial charge in [0.25, 0.3) is 0 Å². The van der Waals surface area contributed by atoms with E-state index < -0.39 is 0 Å². The summed E-state index contributed by atoms with van der Waals surface area (Å²) in [4.78, 5) is 19.0. The summed E-state index contributed by atoms with van der Waals surface area (Å²) in [6, 6.07) is 8.24. The number of likely N-dealkylation sites (N-methyl/N-ethyl adjacent to an activating group) is 1. The third-order valence-electron chi connectivity index (χ3n) is 4.26. The summed E-state index contributed by atoms with van der Waals surface area (Å²) in [7, 11) is 2.09. The van der Waals surface area contributed by atoms with Gasteiger partial charge in [0.2, 0.25) is 5.91 Å². The van der Waals surface area contributed by atoms with Crippen LogP contribution in [0.15, 0.2) is 30.5 Å². The Hall–Kier alpha value is -1.89. The van der Waals surface area contributed by atoms with Crippen LogP contribution in [-0.4, -0.2) is 66.6 Å². The van der Waals surface area contributed by atoms with Crippen molar-refractivity contribution in [3.05, 3.63) is 36.0 Å². The van der Waals surface area contributed by atoms with Gasteiger partial charge in [-0.25, -0.2) is 0 Å². The predicted molar refractivity (Wildman–Crippen MR) is 90.0 cm³/mol. The number of hydrogen-bond donors (Lipinski definition) is 2. The van der Waals surface area contributed by atoms with E-state index in [0.717, 1.165) is 25.2 Å². The number of nitrogens with one attached hydrogen (secondary N) is 1. The number of aromatic amines is 1. The Morgan fingerprint density at radius 3 is 3.13 bits per heavy atom. The number of H-pyrrole nitrogens is 1. The fourth-order valence-corrected chi connectivity index (χ4v) is 3.20. The van der Waals surface area contributed by atoms with Crippen molar-refractivity contribution < 1.29 is 9.53 Å². The average molecular weight is 316 g/mol. The fraction of sp³-hybridized carbons (Fsp3) is 0.471. The third-order valence-corrected chi connectivity index (χ3v) is 4.26. The molecule has 0 bridgehead atoms. The minimum Gasteiger partial charge on any atom is -0.374 e.